The summed E-state index contributed by atoms with van der Waals surface area (Å²) in [7, 11) is 0. The molecule has 1 unspecified atom stereocenters. The zero-order valence-electron chi connectivity index (χ0n) is 9.19. The van der Waals surface area contributed by atoms with Crippen LogP contribution in [0.25, 0.3) is 0 Å². The van der Waals surface area contributed by atoms with E-state index in [0.717, 1.165) is 0 Å². The van der Waals surface area contributed by atoms with Gasteiger partial charge in [0.2, 0.25) is 5.91 Å². The van der Waals surface area contributed by atoms with Crippen molar-refractivity contribution in [1.82, 2.24) is 4.90 Å². The Kier molecular flexibility index (Phi) is 3.66. The Morgan fingerprint density at radius 3 is 2.93 bits per heavy atom. The second kappa shape index (κ2) is 4.60. The number of hydrogen-bond donors (Lipinski definition) is 1. The van der Waals surface area contributed by atoms with Gasteiger partial charge in [-0.2, -0.15) is 5.26 Å². The van der Waals surface area contributed by atoms with Crippen molar-refractivity contribution < 1.29 is 9.53 Å². The smallest absolute Gasteiger partial charge is 0.224 e. The van der Waals surface area contributed by atoms with E-state index in [1.54, 1.807) is 4.90 Å². The average molecular weight is 211 g/mol. The fraction of sp³-hybridized carbons (Fsp3) is 0.800. The summed E-state index contributed by atoms with van der Waals surface area (Å²) in [5.74, 6) is -0.00829. The maximum absolute atomic E-state index is 11.8. The molecule has 1 aliphatic heterocycles. The van der Waals surface area contributed by atoms with E-state index in [2.05, 4.69) is 0 Å². The topological polar surface area (TPSA) is 79.3 Å². The number of hydrogen-bond acceptors (Lipinski definition) is 4. The highest BCUT2D eigenvalue weighted by Gasteiger charge is 2.26. The van der Waals surface area contributed by atoms with Gasteiger partial charge in [-0.3, -0.25) is 4.79 Å². The van der Waals surface area contributed by atoms with E-state index in [9.17, 15) is 4.79 Å². The molecule has 0 bridgehead atoms. The van der Waals surface area contributed by atoms with Crippen molar-refractivity contribution in [2.45, 2.75) is 31.9 Å². The summed E-state index contributed by atoms with van der Waals surface area (Å²) in [4.78, 5) is 13.4. The lowest BCUT2D eigenvalue weighted by molar-refractivity contribution is -0.138. The predicted molar refractivity (Wildman–Crippen MR) is 54.8 cm³/mol. The van der Waals surface area contributed by atoms with Gasteiger partial charge in [0.1, 0.15) is 0 Å². The lowest BCUT2D eigenvalue weighted by Gasteiger charge is -2.31. The molecule has 15 heavy (non-hydrogen) atoms. The first kappa shape index (κ1) is 12.0. The van der Waals surface area contributed by atoms with Crippen LogP contribution in [-0.4, -0.2) is 42.1 Å². The molecule has 1 aliphatic rings. The first-order chi connectivity index (χ1) is 6.92. The van der Waals surface area contributed by atoms with Gasteiger partial charge in [-0.1, -0.05) is 0 Å². The van der Waals surface area contributed by atoms with Gasteiger partial charge in [0.25, 0.3) is 0 Å². The molecular weight excluding hydrogens is 194 g/mol. The molecule has 0 radical (unpaired) electrons. The zero-order chi connectivity index (χ0) is 11.5. The minimum Gasteiger partial charge on any atom is -0.360 e. The van der Waals surface area contributed by atoms with Gasteiger partial charge in [-0.25, -0.2) is 0 Å². The maximum atomic E-state index is 11.8. The van der Waals surface area contributed by atoms with Crippen LogP contribution in [-0.2, 0) is 9.53 Å². The van der Waals surface area contributed by atoms with Crippen LogP contribution >= 0.6 is 0 Å². The van der Waals surface area contributed by atoms with Gasteiger partial charge in [-0.05, 0) is 13.8 Å². The van der Waals surface area contributed by atoms with Crippen molar-refractivity contribution >= 4 is 5.91 Å². The molecule has 2 N–H and O–H groups in total. The SMILES string of the molecule is CC(C)(N)CC(=O)N1CCOC(C#N)C1. The fourth-order valence-corrected chi connectivity index (χ4v) is 1.46. The predicted octanol–water partition coefficient (Wildman–Crippen LogP) is -0.135. The molecule has 5 nitrogen and oxygen atoms in total. The number of ether oxygens (including phenoxy) is 1. The average Bonchev–Trinajstić information content (AvgIpc) is 2.15. The van der Waals surface area contributed by atoms with Crippen molar-refractivity contribution in [3.8, 4) is 6.07 Å². The van der Waals surface area contributed by atoms with Crippen LogP contribution in [0.2, 0.25) is 0 Å². The normalized spacial score (nSPS) is 22.3. The molecule has 0 aromatic carbocycles. The molecule has 5 heteroatoms. The summed E-state index contributed by atoms with van der Waals surface area (Å²) in [6.07, 6.45) is -0.200. The number of nitriles is 1. The largest absolute Gasteiger partial charge is 0.360 e. The van der Waals surface area contributed by atoms with Gasteiger partial charge >= 0.3 is 0 Å². The van der Waals surface area contributed by atoms with Crippen molar-refractivity contribution in [2.75, 3.05) is 19.7 Å². The number of rotatable bonds is 2. The van der Waals surface area contributed by atoms with Crippen LogP contribution in [0.1, 0.15) is 20.3 Å². The van der Waals surface area contributed by atoms with E-state index in [4.69, 9.17) is 15.7 Å². The quantitative estimate of drug-likeness (QED) is 0.689. The van der Waals surface area contributed by atoms with Gasteiger partial charge in [0.05, 0.1) is 19.2 Å². The number of morpholine rings is 1. The highest BCUT2D eigenvalue weighted by Crippen LogP contribution is 2.11. The molecule has 1 rings (SSSR count). The molecule has 0 aromatic heterocycles. The molecule has 1 fully saturated rings. The van der Waals surface area contributed by atoms with E-state index in [1.165, 1.54) is 0 Å². The van der Waals surface area contributed by atoms with Gasteiger partial charge < -0.3 is 15.4 Å². The Labute approximate surface area is 89.8 Å². The second-order valence-corrected chi connectivity index (χ2v) is 4.49. The van der Waals surface area contributed by atoms with Crippen LogP contribution in [0.5, 0.6) is 0 Å². The van der Waals surface area contributed by atoms with E-state index in [1.807, 2.05) is 19.9 Å². The Morgan fingerprint density at radius 1 is 1.73 bits per heavy atom. The van der Waals surface area contributed by atoms with Crippen LogP contribution in [0.3, 0.4) is 0 Å². The summed E-state index contributed by atoms with van der Waals surface area (Å²) in [6, 6.07) is 2.00. The van der Waals surface area contributed by atoms with Crippen LogP contribution in [0.4, 0.5) is 0 Å². The van der Waals surface area contributed by atoms with Crippen molar-refractivity contribution in [3.05, 3.63) is 0 Å². The summed E-state index contributed by atoms with van der Waals surface area (Å²) < 4.78 is 5.15. The van der Waals surface area contributed by atoms with Crippen LogP contribution in [0, 0.1) is 11.3 Å². The highest BCUT2D eigenvalue weighted by atomic mass is 16.5. The maximum Gasteiger partial charge on any atom is 0.224 e. The van der Waals surface area contributed by atoms with Crippen molar-refractivity contribution in [3.63, 3.8) is 0 Å². The number of amides is 1. The summed E-state index contributed by atoms with van der Waals surface area (Å²) in [5, 5.41) is 8.69. The standard InChI is InChI=1S/C10H17N3O2/c1-10(2,12)5-9(14)13-3-4-15-8(6-11)7-13/h8H,3-5,7,12H2,1-2H3. The third kappa shape index (κ3) is 3.86. The molecule has 0 spiro atoms. The molecule has 1 heterocycles. The third-order valence-electron chi connectivity index (χ3n) is 2.17. The molecular formula is C10H17N3O2. The Morgan fingerprint density at radius 2 is 2.40 bits per heavy atom. The number of carbonyl (C=O) groups excluding carboxylic acids is 1. The molecule has 1 amide bonds. The highest BCUT2D eigenvalue weighted by molar-refractivity contribution is 5.77. The third-order valence-corrected chi connectivity index (χ3v) is 2.17. The van der Waals surface area contributed by atoms with Gasteiger partial charge in [0.15, 0.2) is 6.10 Å². The van der Waals surface area contributed by atoms with Gasteiger partial charge in [0, 0.05) is 18.5 Å². The van der Waals surface area contributed by atoms with Gasteiger partial charge in [-0.15, -0.1) is 0 Å². The van der Waals surface area contributed by atoms with Crippen molar-refractivity contribution in [1.29, 1.82) is 5.26 Å². The molecule has 0 saturated carbocycles. The first-order valence-electron chi connectivity index (χ1n) is 5.00. The Hall–Kier alpha value is -1.12. The Balaban J connectivity index is 2.50. The fourth-order valence-electron chi connectivity index (χ4n) is 1.46. The zero-order valence-corrected chi connectivity index (χ0v) is 9.19. The number of nitrogens with two attached hydrogens (primary N) is 1. The molecule has 84 valence electrons. The summed E-state index contributed by atoms with van der Waals surface area (Å²) >= 11 is 0. The summed E-state index contributed by atoms with van der Waals surface area (Å²) in [6.45, 7) is 4.95. The monoisotopic (exact) mass is 211 g/mol. The second-order valence-electron chi connectivity index (χ2n) is 4.49. The first-order valence-corrected chi connectivity index (χ1v) is 5.00. The lowest BCUT2D eigenvalue weighted by atomic mass is 10.0. The molecule has 0 aromatic rings. The molecule has 1 saturated heterocycles. The molecule has 1 atom stereocenters. The summed E-state index contributed by atoms with van der Waals surface area (Å²) in [5.41, 5.74) is 5.26. The minimum atomic E-state index is -0.502. The van der Waals surface area contributed by atoms with E-state index in [0.29, 0.717) is 26.1 Å². The van der Waals surface area contributed by atoms with E-state index < -0.39 is 11.6 Å². The molecule has 0 aliphatic carbocycles. The minimum absolute atomic E-state index is 0.00829. The van der Waals surface area contributed by atoms with Crippen molar-refractivity contribution in [2.24, 2.45) is 5.73 Å². The van der Waals surface area contributed by atoms with E-state index in [-0.39, 0.29) is 5.91 Å². The number of carbonyl (C=O) groups is 1. The van der Waals surface area contributed by atoms with E-state index >= 15 is 0 Å². The van der Waals surface area contributed by atoms with Crippen LogP contribution in [0.15, 0.2) is 0 Å². The number of nitrogens with zero attached hydrogens (tertiary/aromatic N) is 2. The lowest BCUT2D eigenvalue weighted by Crippen LogP contribution is -2.48. The van der Waals surface area contributed by atoms with Crippen LogP contribution < -0.4 is 5.73 Å². The Bertz CT molecular complexity index is 277.